The van der Waals surface area contributed by atoms with E-state index < -0.39 is 0 Å². The van der Waals surface area contributed by atoms with Crippen molar-refractivity contribution in [3.8, 4) is 11.5 Å². The Bertz CT molecular complexity index is 753. The first-order valence-corrected chi connectivity index (χ1v) is 10.6. The molecule has 3 rings (SSSR count). The van der Waals surface area contributed by atoms with Crippen LogP contribution >= 0.6 is 11.6 Å². The summed E-state index contributed by atoms with van der Waals surface area (Å²) >= 11 is 6.05. The second kappa shape index (κ2) is 10.7. The van der Waals surface area contributed by atoms with Crippen molar-refractivity contribution in [2.75, 3.05) is 26.2 Å². The Morgan fingerprint density at radius 2 is 1.96 bits per heavy atom. The minimum Gasteiger partial charge on any atom is -0.490 e. The average Bonchev–Trinajstić information content (AvgIpc) is 3.15. The molecule has 1 saturated heterocycles. The van der Waals surface area contributed by atoms with Gasteiger partial charge in [-0.1, -0.05) is 36.7 Å². The van der Waals surface area contributed by atoms with Gasteiger partial charge in [0.05, 0.1) is 6.61 Å². The first kappa shape index (κ1) is 21.0. The van der Waals surface area contributed by atoms with E-state index in [2.05, 4.69) is 29.3 Å². The quantitative estimate of drug-likeness (QED) is 0.613. The zero-order valence-corrected chi connectivity index (χ0v) is 17.7. The van der Waals surface area contributed by atoms with Crippen molar-refractivity contribution in [2.24, 2.45) is 0 Å². The molecule has 2 aromatic rings. The molecule has 0 aromatic heterocycles. The second-order valence-corrected chi connectivity index (χ2v) is 7.62. The molecule has 0 saturated carbocycles. The Balaban J connectivity index is 1.57. The standard InChI is InChI=1S/C23H31ClN2O2/c1-3-26-12-6-9-21(26)16-25-15-18-10-11-22(23(14-18)27-4-2)28-17-19-7-5-8-20(24)13-19/h5,7-8,10-11,13-14,21,25H,3-4,6,9,12,15-17H2,1-2H3. The van der Waals surface area contributed by atoms with Gasteiger partial charge < -0.3 is 14.8 Å². The van der Waals surface area contributed by atoms with Crippen molar-refractivity contribution in [3.05, 3.63) is 58.6 Å². The van der Waals surface area contributed by atoms with Crippen LogP contribution < -0.4 is 14.8 Å². The van der Waals surface area contributed by atoms with Gasteiger partial charge in [-0.15, -0.1) is 0 Å². The molecule has 0 spiro atoms. The van der Waals surface area contributed by atoms with E-state index in [-0.39, 0.29) is 0 Å². The minimum absolute atomic E-state index is 0.465. The molecule has 1 unspecified atom stereocenters. The van der Waals surface area contributed by atoms with Gasteiger partial charge in [0.15, 0.2) is 11.5 Å². The van der Waals surface area contributed by atoms with Crippen molar-refractivity contribution in [1.29, 1.82) is 0 Å². The number of hydrogen-bond acceptors (Lipinski definition) is 4. The first-order chi connectivity index (χ1) is 13.7. The Morgan fingerprint density at radius 1 is 1.07 bits per heavy atom. The first-order valence-electron chi connectivity index (χ1n) is 10.3. The molecule has 152 valence electrons. The van der Waals surface area contributed by atoms with Gasteiger partial charge in [-0.25, -0.2) is 0 Å². The number of rotatable bonds is 10. The predicted octanol–water partition coefficient (Wildman–Crippen LogP) is 4.89. The van der Waals surface area contributed by atoms with Crippen molar-refractivity contribution in [1.82, 2.24) is 10.2 Å². The number of nitrogens with zero attached hydrogens (tertiary/aromatic N) is 1. The molecule has 28 heavy (non-hydrogen) atoms. The summed E-state index contributed by atoms with van der Waals surface area (Å²) in [6.07, 6.45) is 2.61. The van der Waals surface area contributed by atoms with Crippen LogP contribution in [0.15, 0.2) is 42.5 Å². The van der Waals surface area contributed by atoms with Crippen LogP contribution in [0.5, 0.6) is 11.5 Å². The van der Waals surface area contributed by atoms with Crippen molar-refractivity contribution < 1.29 is 9.47 Å². The molecule has 2 aromatic carbocycles. The Morgan fingerprint density at radius 3 is 2.75 bits per heavy atom. The number of hydrogen-bond donors (Lipinski definition) is 1. The van der Waals surface area contributed by atoms with Crippen LogP contribution in [0.1, 0.15) is 37.8 Å². The summed E-state index contributed by atoms with van der Waals surface area (Å²) < 4.78 is 11.8. The van der Waals surface area contributed by atoms with Crippen molar-refractivity contribution in [3.63, 3.8) is 0 Å². The highest BCUT2D eigenvalue weighted by molar-refractivity contribution is 6.30. The van der Waals surface area contributed by atoms with Gasteiger partial charge in [0, 0.05) is 24.2 Å². The normalized spacial score (nSPS) is 17.0. The van der Waals surface area contributed by atoms with Crippen LogP contribution in [0, 0.1) is 0 Å². The van der Waals surface area contributed by atoms with Crippen LogP contribution in [0.25, 0.3) is 0 Å². The second-order valence-electron chi connectivity index (χ2n) is 7.19. The highest BCUT2D eigenvalue weighted by Crippen LogP contribution is 2.29. The summed E-state index contributed by atoms with van der Waals surface area (Å²) in [5.74, 6) is 1.55. The van der Waals surface area contributed by atoms with Crippen molar-refractivity contribution >= 4 is 11.6 Å². The molecule has 1 atom stereocenters. The SMILES string of the molecule is CCOc1cc(CNCC2CCCN2CC)ccc1OCc1cccc(Cl)c1. The fourth-order valence-corrected chi connectivity index (χ4v) is 3.98. The van der Waals surface area contributed by atoms with Crippen LogP contribution in [0.4, 0.5) is 0 Å². The van der Waals surface area contributed by atoms with Gasteiger partial charge in [0.25, 0.3) is 0 Å². The molecular weight excluding hydrogens is 372 g/mol. The number of nitrogens with one attached hydrogen (secondary N) is 1. The van der Waals surface area contributed by atoms with Gasteiger partial charge >= 0.3 is 0 Å². The number of likely N-dealkylation sites (tertiary alicyclic amines) is 1. The topological polar surface area (TPSA) is 33.7 Å². The van der Waals surface area contributed by atoms with Gasteiger partial charge in [-0.3, -0.25) is 4.90 Å². The van der Waals surface area contributed by atoms with Crippen LogP contribution in [-0.4, -0.2) is 37.2 Å². The zero-order chi connectivity index (χ0) is 19.8. The third kappa shape index (κ3) is 5.87. The van der Waals surface area contributed by atoms with Crippen LogP contribution in [0.2, 0.25) is 5.02 Å². The van der Waals surface area contributed by atoms with Crippen LogP contribution in [-0.2, 0) is 13.2 Å². The van der Waals surface area contributed by atoms with Gasteiger partial charge in [-0.05, 0) is 68.2 Å². The van der Waals surface area contributed by atoms with E-state index >= 15 is 0 Å². The van der Waals surface area contributed by atoms with Gasteiger partial charge in [0.2, 0.25) is 0 Å². The lowest BCUT2D eigenvalue weighted by Crippen LogP contribution is -2.37. The molecule has 1 aliphatic rings. The van der Waals surface area contributed by atoms with Gasteiger partial charge in [-0.2, -0.15) is 0 Å². The fourth-order valence-electron chi connectivity index (χ4n) is 3.76. The molecular formula is C23H31ClN2O2. The van der Waals surface area contributed by atoms with E-state index in [1.54, 1.807) is 0 Å². The number of ether oxygens (including phenoxy) is 2. The van der Waals surface area contributed by atoms with E-state index in [1.165, 1.54) is 24.9 Å². The molecule has 1 aliphatic heterocycles. The molecule has 0 aliphatic carbocycles. The summed E-state index contributed by atoms with van der Waals surface area (Å²) in [7, 11) is 0. The largest absolute Gasteiger partial charge is 0.490 e. The lowest BCUT2D eigenvalue weighted by atomic mass is 10.1. The zero-order valence-electron chi connectivity index (χ0n) is 16.9. The minimum atomic E-state index is 0.465. The summed E-state index contributed by atoms with van der Waals surface area (Å²) in [4.78, 5) is 2.56. The summed E-state index contributed by atoms with van der Waals surface area (Å²) in [5.41, 5.74) is 2.25. The monoisotopic (exact) mass is 402 g/mol. The smallest absolute Gasteiger partial charge is 0.161 e. The third-order valence-electron chi connectivity index (χ3n) is 5.21. The molecule has 0 amide bonds. The fraction of sp³-hybridized carbons (Fsp3) is 0.478. The molecule has 5 heteroatoms. The highest BCUT2D eigenvalue weighted by atomic mass is 35.5. The van der Waals surface area contributed by atoms with E-state index in [9.17, 15) is 0 Å². The van der Waals surface area contributed by atoms with Gasteiger partial charge in [0.1, 0.15) is 6.61 Å². The summed E-state index contributed by atoms with van der Waals surface area (Å²) in [6.45, 7) is 9.55. The summed E-state index contributed by atoms with van der Waals surface area (Å²) in [5, 5.41) is 4.33. The number of benzene rings is 2. The summed E-state index contributed by atoms with van der Waals surface area (Å²) in [6, 6.07) is 14.6. The highest BCUT2D eigenvalue weighted by Gasteiger charge is 2.22. The maximum absolute atomic E-state index is 6.05. The molecule has 0 radical (unpaired) electrons. The lowest BCUT2D eigenvalue weighted by molar-refractivity contribution is 0.259. The molecule has 0 bridgehead atoms. The van der Waals surface area contributed by atoms with E-state index in [1.807, 2.05) is 37.3 Å². The maximum atomic E-state index is 6.05. The van der Waals surface area contributed by atoms with Crippen molar-refractivity contribution in [2.45, 2.75) is 45.9 Å². The Kier molecular flexibility index (Phi) is 8.01. The van der Waals surface area contributed by atoms with E-state index in [4.69, 9.17) is 21.1 Å². The van der Waals surface area contributed by atoms with E-state index in [0.29, 0.717) is 19.3 Å². The lowest BCUT2D eigenvalue weighted by Gasteiger charge is -2.23. The molecule has 4 nitrogen and oxygen atoms in total. The molecule has 1 heterocycles. The number of halogens is 1. The third-order valence-corrected chi connectivity index (χ3v) is 5.44. The Labute approximate surface area is 173 Å². The Hall–Kier alpha value is -1.75. The predicted molar refractivity (Wildman–Crippen MR) is 115 cm³/mol. The van der Waals surface area contributed by atoms with E-state index in [0.717, 1.165) is 41.7 Å². The molecule has 1 fully saturated rings. The maximum Gasteiger partial charge on any atom is 0.161 e. The van der Waals surface area contributed by atoms with Crippen LogP contribution in [0.3, 0.4) is 0 Å². The average molecular weight is 403 g/mol. The molecule has 1 N–H and O–H groups in total. The number of likely N-dealkylation sites (N-methyl/N-ethyl adjacent to an activating group) is 1.